The summed E-state index contributed by atoms with van der Waals surface area (Å²) in [7, 11) is -14.7. The SMILES string of the molecule is C[Si](C)(C)OC[C@@H]1O[C@@H](OC[C@@H]2O[C@H](O)[C@@H](O[Si](C)(C)C)[C@H](O[Si](C)(C)C)[C@H]2O[Si](C)(C)C)[C@@H](O[Si](C)(C)C)[C@H](O[Si](C)(C)C)[C@H]1O[Si](C)(C)C. The molecule has 0 aromatic carbocycles. The Labute approximate surface area is 319 Å². The highest BCUT2D eigenvalue weighted by molar-refractivity contribution is 6.72. The quantitative estimate of drug-likeness (QED) is 0.138. The molecule has 0 aromatic rings. The average Bonchev–Trinajstić information content (AvgIpc) is 2.84. The van der Waals surface area contributed by atoms with E-state index >= 15 is 0 Å². The monoisotopic (exact) mass is 846 g/mol. The lowest BCUT2D eigenvalue weighted by molar-refractivity contribution is -0.316. The number of aliphatic hydroxyl groups is 1. The van der Waals surface area contributed by atoms with Crippen molar-refractivity contribution in [3.8, 4) is 0 Å². The van der Waals surface area contributed by atoms with Crippen LogP contribution < -0.4 is 0 Å². The van der Waals surface area contributed by atoms with Crippen LogP contribution in [0.3, 0.4) is 0 Å². The normalized spacial score (nSPS) is 32.4. The van der Waals surface area contributed by atoms with Crippen molar-refractivity contribution in [3.63, 3.8) is 0 Å². The first kappa shape index (κ1) is 48.2. The number of rotatable bonds is 18. The van der Waals surface area contributed by atoms with Crippen molar-refractivity contribution >= 4 is 58.2 Å². The molecule has 10 atom stereocenters. The lowest BCUT2D eigenvalue weighted by Crippen LogP contribution is -2.68. The first-order chi connectivity index (χ1) is 22.5. The van der Waals surface area contributed by atoms with Crippen LogP contribution in [0.2, 0.25) is 137 Å². The van der Waals surface area contributed by atoms with Gasteiger partial charge in [0, 0.05) is 0 Å². The van der Waals surface area contributed by atoms with E-state index in [1.54, 1.807) is 0 Å². The number of hydrogen-bond acceptors (Lipinski definition) is 11. The summed E-state index contributed by atoms with van der Waals surface area (Å²) in [4.78, 5) is 0. The molecular weight excluding hydrogens is 769 g/mol. The fraction of sp³-hybridized carbons (Fsp3) is 1.00. The van der Waals surface area contributed by atoms with Gasteiger partial charge in [-0.2, -0.15) is 0 Å². The van der Waals surface area contributed by atoms with Gasteiger partial charge >= 0.3 is 0 Å². The summed E-state index contributed by atoms with van der Waals surface area (Å²) in [6, 6.07) is 0. The van der Waals surface area contributed by atoms with Crippen LogP contribution in [0.15, 0.2) is 0 Å². The van der Waals surface area contributed by atoms with Crippen LogP contribution in [-0.2, 0) is 45.2 Å². The van der Waals surface area contributed by atoms with Gasteiger partial charge in [-0.15, -0.1) is 0 Å². The molecule has 2 aliphatic rings. The van der Waals surface area contributed by atoms with Gasteiger partial charge in [-0.05, 0) is 137 Å². The predicted molar refractivity (Wildman–Crippen MR) is 224 cm³/mol. The molecular formula is C33H78O11Si7. The minimum absolute atomic E-state index is 0.0778. The molecule has 51 heavy (non-hydrogen) atoms. The third kappa shape index (κ3) is 18.3. The molecule has 2 aliphatic heterocycles. The summed E-state index contributed by atoms with van der Waals surface area (Å²) in [6.45, 7) is 45.8. The molecule has 18 heteroatoms. The Kier molecular flexibility index (Phi) is 16.7. The first-order valence-electron chi connectivity index (χ1n) is 18.8. The van der Waals surface area contributed by atoms with Gasteiger partial charge in [-0.25, -0.2) is 0 Å². The Bertz CT molecular complexity index is 1070. The smallest absolute Gasteiger partial charge is 0.185 e. The summed E-state index contributed by atoms with van der Waals surface area (Å²) in [5.41, 5.74) is 0. The fourth-order valence-electron chi connectivity index (χ4n) is 5.95. The molecule has 0 amide bonds. The second kappa shape index (κ2) is 17.7. The standard InChI is InChI=1S/C33H78O11Si7/c1-45(2,3)36-23-25-27(40-47(7,8)9)29(42-49(13,14)15)31(44-51(19,20)21)33(38-25)35-22-24-26(39-46(4,5)6)28(41-48(10,11)12)30(32(34)37-24)43-50(16,17)18/h24-34H,22-23H2,1-21H3/t24-,25-,26-,27-,28+,29+,30-,31-,32-,33+/m0/s1. The molecule has 0 radical (unpaired) electrons. The Balaban J connectivity index is 2.64. The van der Waals surface area contributed by atoms with E-state index < -0.39 is 120 Å². The van der Waals surface area contributed by atoms with Crippen molar-refractivity contribution in [2.75, 3.05) is 13.2 Å². The van der Waals surface area contributed by atoms with E-state index in [2.05, 4.69) is 137 Å². The third-order valence-electron chi connectivity index (χ3n) is 7.24. The minimum atomic E-state index is -2.17. The Morgan fingerprint density at radius 2 is 0.686 bits per heavy atom. The molecule has 0 spiro atoms. The van der Waals surface area contributed by atoms with Crippen molar-refractivity contribution in [2.45, 2.75) is 199 Å². The molecule has 11 nitrogen and oxygen atoms in total. The zero-order valence-electron chi connectivity index (χ0n) is 36.2. The summed E-state index contributed by atoms with van der Waals surface area (Å²) >= 11 is 0. The molecule has 0 unspecified atom stereocenters. The maximum atomic E-state index is 11.5. The number of aliphatic hydroxyl groups excluding tert-OH is 1. The van der Waals surface area contributed by atoms with Crippen molar-refractivity contribution in [1.29, 1.82) is 0 Å². The van der Waals surface area contributed by atoms with Crippen molar-refractivity contribution < 1.29 is 50.3 Å². The van der Waals surface area contributed by atoms with Crippen LogP contribution in [0.4, 0.5) is 0 Å². The molecule has 0 saturated carbocycles. The molecule has 0 bridgehead atoms. The third-order valence-corrected chi connectivity index (χ3v) is 14.2. The molecule has 2 saturated heterocycles. The zero-order chi connectivity index (χ0) is 39.8. The molecule has 1 N–H and O–H groups in total. The summed E-state index contributed by atoms with van der Waals surface area (Å²) in [5.74, 6) is 0. The van der Waals surface area contributed by atoms with Gasteiger partial charge in [0.2, 0.25) is 0 Å². The lowest BCUT2D eigenvalue weighted by atomic mass is 9.98. The zero-order valence-corrected chi connectivity index (χ0v) is 43.2. The van der Waals surface area contributed by atoms with E-state index in [4.69, 9.17) is 45.2 Å². The first-order valence-corrected chi connectivity index (χ1v) is 42.7. The number of hydrogen-bond donors (Lipinski definition) is 1. The van der Waals surface area contributed by atoms with E-state index in [1.165, 1.54) is 0 Å². The Morgan fingerprint density at radius 3 is 1.06 bits per heavy atom. The van der Waals surface area contributed by atoms with Crippen LogP contribution >= 0.6 is 0 Å². The molecule has 2 heterocycles. The number of ether oxygens (including phenoxy) is 3. The summed E-state index contributed by atoms with van der Waals surface area (Å²) in [6.07, 6.45) is -6.28. The molecule has 0 aliphatic carbocycles. The van der Waals surface area contributed by atoms with Crippen LogP contribution in [0.5, 0.6) is 0 Å². The van der Waals surface area contributed by atoms with Crippen LogP contribution in [0, 0.1) is 0 Å². The second-order valence-electron chi connectivity index (χ2n) is 21.0. The van der Waals surface area contributed by atoms with Gasteiger partial charge in [0.25, 0.3) is 0 Å². The van der Waals surface area contributed by atoms with Crippen LogP contribution in [0.1, 0.15) is 0 Å². The average molecular weight is 848 g/mol. The maximum absolute atomic E-state index is 11.5. The van der Waals surface area contributed by atoms with Crippen molar-refractivity contribution in [2.24, 2.45) is 0 Å². The maximum Gasteiger partial charge on any atom is 0.185 e. The van der Waals surface area contributed by atoms with Gasteiger partial charge in [0.15, 0.2) is 70.8 Å². The van der Waals surface area contributed by atoms with Crippen molar-refractivity contribution in [1.82, 2.24) is 0 Å². The fourth-order valence-corrected chi connectivity index (χ4v) is 13.1. The van der Waals surface area contributed by atoms with E-state index in [0.717, 1.165) is 0 Å². The van der Waals surface area contributed by atoms with Gasteiger partial charge in [-0.1, -0.05) is 0 Å². The molecule has 2 fully saturated rings. The Hall–Kier alpha value is 1.08. The van der Waals surface area contributed by atoms with Gasteiger partial charge < -0.3 is 50.3 Å². The summed E-state index contributed by atoms with van der Waals surface area (Å²) < 4.78 is 67.8. The van der Waals surface area contributed by atoms with Crippen LogP contribution in [0.25, 0.3) is 0 Å². The van der Waals surface area contributed by atoms with E-state index in [9.17, 15) is 5.11 Å². The van der Waals surface area contributed by atoms with E-state index in [1.807, 2.05) is 0 Å². The minimum Gasteiger partial charge on any atom is -0.415 e. The highest BCUT2D eigenvalue weighted by atomic mass is 28.4. The molecule has 0 aromatic heterocycles. The van der Waals surface area contributed by atoms with Crippen molar-refractivity contribution in [3.05, 3.63) is 0 Å². The Morgan fingerprint density at radius 1 is 0.373 bits per heavy atom. The lowest BCUT2D eigenvalue weighted by Gasteiger charge is -2.52. The second-order valence-corrected chi connectivity index (χ2v) is 52.3. The van der Waals surface area contributed by atoms with Gasteiger partial charge in [0.1, 0.15) is 48.8 Å². The van der Waals surface area contributed by atoms with E-state index in [0.29, 0.717) is 6.61 Å². The predicted octanol–water partition coefficient (Wildman–Crippen LogP) is 7.62. The highest BCUT2D eigenvalue weighted by Gasteiger charge is 2.55. The molecule has 2 rings (SSSR count). The largest absolute Gasteiger partial charge is 0.415 e. The van der Waals surface area contributed by atoms with Gasteiger partial charge in [-0.3, -0.25) is 0 Å². The van der Waals surface area contributed by atoms with Crippen LogP contribution in [-0.4, -0.2) is 138 Å². The molecule has 304 valence electrons. The highest BCUT2D eigenvalue weighted by Crippen LogP contribution is 2.37. The van der Waals surface area contributed by atoms with Gasteiger partial charge in [0.05, 0.1) is 13.2 Å². The topological polar surface area (TPSA) is 113 Å². The van der Waals surface area contributed by atoms with E-state index in [-0.39, 0.29) is 6.61 Å². The summed E-state index contributed by atoms with van der Waals surface area (Å²) in [5, 5.41) is 11.5.